The molecule has 1 unspecified atom stereocenters. The van der Waals surface area contributed by atoms with Gasteiger partial charge < -0.3 is 4.90 Å². The van der Waals surface area contributed by atoms with Crippen molar-refractivity contribution in [1.29, 1.82) is 0 Å². The van der Waals surface area contributed by atoms with Gasteiger partial charge in [0.05, 0.1) is 0 Å². The highest BCUT2D eigenvalue weighted by Crippen LogP contribution is 2.20. The number of hydrogen-bond donors (Lipinski definition) is 0. The molecule has 10 heavy (non-hydrogen) atoms. The van der Waals surface area contributed by atoms with Crippen LogP contribution in [0, 0.1) is 0 Å². The highest BCUT2D eigenvalue weighted by Gasteiger charge is 2.20. The van der Waals surface area contributed by atoms with Crippen molar-refractivity contribution in [2.24, 2.45) is 0 Å². The van der Waals surface area contributed by atoms with Gasteiger partial charge in [-0.1, -0.05) is 6.92 Å². The summed E-state index contributed by atoms with van der Waals surface area (Å²) in [4.78, 5) is 12.1. The fraction of sp³-hybridized carbons (Fsp3) is 0.857. The smallest absolute Gasteiger partial charge is 0.209 e. The monoisotopic (exact) mass is 159 g/mol. The van der Waals surface area contributed by atoms with Crippen molar-refractivity contribution in [1.82, 2.24) is 4.90 Å². The standard InChI is InChI=1S/C7H13NOS/c1-2-10-7-3-4-8(5-7)6-9/h6-7H,2-5H2,1H3. The summed E-state index contributed by atoms with van der Waals surface area (Å²) in [5.74, 6) is 1.16. The fourth-order valence-electron chi connectivity index (χ4n) is 1.22. The summed E-state index contributed by atoms with van der Waals surface area (Å²) < 4.78 is 0. The number of rotatable bonds is 3. The minimum Gasteiger partial charge on any atom is -0.344 e. The van der Waals surface area contributed by atoms with Crippen LogP contribution in [0.5, 0.6) is 0 Å². The molecule has 0 radical (unpaired) electrons. The van der Waals surface area contributed by atoms with Crippen molar-refractivity contribution in [3.05, 3.63) is 0 Å². The van der Waals surface area contributed by atoms with Gasteiger partial charge in [0.2, 0.25) is 6.41 Å². The molecule has 1 saturated heterocycles. The van der Waals surface area contributed by atoms with Gasteiger partial charge in [-0.3, -0.25) is 4.79 Å². The number of thioether (sulfide) groups is 1. The zero-order chi connectivity index (χ0) is 7.40. The van der Waals surface area contributed by atoms with Gasteiger partial charge in [-0.05, 0) is 12.2 Å². The van der Waals surface area contributed by atoms with Crippen molar-refractivity contribution in [2.45, 2.75) is 18.6 Å². The van der Waals surface area contributed by atoms with Crippen molar-refractivity contribution in [2.75, 3.05) is 18.8 Å². The van der Waals surface area contributed by atoms with Gasteiger partial charge in [0.25, 0.3) is 0 Å². The molecule has 1 heterocycles. The fourth-order valence-corrected chi connectivity index (χ4v) is 2.26. The van der Waals surface area contributed by atoms with E-state index in [0.29, 0.717) is 5.25 Å². The normalized spacial score (nSPS) is 25.3. The highest BCUT2D eigenvalue weighted by molar-refractivity contribution is 7.99. The summed E-state index contributed by atoms with van der Waals surface area (Å²) >= 11 is 1.96. The van der Waals surface area contributed by atoms with Gasteiger partial charge in [0, 0.05) is 18.3 Å². The first kappa shape index (κ1) is 7.92. The maximum atomic E-state index is 10.3. The Hall–Kier alpha value is -0.180. The Morgan fingerprint density at radius 3 is 3.10 bits per heavy atom. The van der Waals surface area contributed by atoms with Gasteiger partial charge in [0.1, 0.15) is 0 Å². The minimum atomic E-state index is 0.704. The molecule has 1 amide bonds. The van der Waals surface area contributed by atoms with E-state index in [9.17, 15) is 4.79 Å². The molecular weight excluding hydrogens is 146 g/mol. The number of likely N-dealkylation sites (tertiary alicyclic amines) is 1. The van der Waals surface area contributed by atoms with E-state index < -0.39 is 0 Å². The molecule has 1 atom stereocenters. The molecule has 3 heteroatoms. The summed E-state index contributed by atoms with van der Waals surface area (Å²) in [5, 5.41) is 0.704. The molecule has 1 fully saturated rings. The molecule has 58 valence electrons. The first-order valence-electron chi connectivity index (χ1n) is 3.67. The molecular formula is C7H13NOS. The van der Waals surface area contributed by atoms with E-state index in [2.05, 4.69) is 6.92 Å². The van der Waals surface area contributed by atoms with E-state index in [1.165, 1.54) is 6.42 Å². The topological polar surface area (TPSA) is 20.3 Å². The van der Waals surface area contributed by atoms with E-state index in [1.54, 1.807) is 0 Å². The predicted molar refractivity (Wildman–Crippen MR) is 44.2 cm³/mol. The molecule has 0 bridgehead atoms. The Morgan fingerprint density at radius 2 is 2.60 bits per heavy atom. The lowest BCUT2D eigenvalue weighted by Gasteiger charge is -2.08. The number of carbonyl (C=O) groups excluding carboxylic acids is 1. The third kappa shape index (κ3) is 1.90. The Kier molecular flexibility index (Phi) is 3.06. The summed E-state index contributed by atoms with van der Waals surface area (Å²) in [5.41, 5.74) is 0. The average molecular weight is 159 g/mol. The molecule has 0 saturated carbocycles. The van der Waals surface area contributed by atoms with Gasteiger partial charge in [0.15, 0.2) is 0 Å². The lowest BCUT2D eigenvalue weighted by atomic mass is 10.4. The van der Waals surface area contributed by atoms with Crippen LogP contribution in [0.1, 0.15) is 13.3 Å². The molecule has 1 rings (SSSR count). The van der Waals surface area contributed by atoms with E-state index in [-0.39, 0.29) is 0 Å². The van der Waals surface area contributed by atoms with E-state index in [4.69, 9.17) is 0 Å². The maximum Gasteiger partial charge on any atom is 0.209 e. The van der Waals surface area contributed by atoms with Crippen LogP contribution in [0.2, 0.25) is 0 Å². The van der Waals surface area contributed by atoms with E-state index >= 15 is 0 Å². The molecule has 0 N–H and O–H groups in total. The van der Waals surface area contributed by atoms with Crippen LogP contribution in [0.25, 0.3) is 0 Å². The number of hydrogen-bond acceptors (Lipinski definition) is 2. The van der Waals surface area contributed by atoms with Gasteiger partial charge in [-0.15, -0.1) is 0 Å². The predicted octanol–water partition coefficient (Wildman–Crippen LogP) is 0.970. The van der Waals surface area contributed by atoms with Gasteiger partial charge in [-0.2, -0.15) is 11.8 Å². The second-order valence-electron chi connectivity index (χ2n) is 2.47. The molecule has 2 nitrogen and oxygen atoms in total. The quantitative estimate of drug-likeness (QED) is 0.572. The summed E-state index contributed by atoms with van der Waals surface area (Å²) in [6.45, 7) is 4.08. The molecule has 1 aliphatic rings. The lowest BCUT2D eigenvalue weighted by Crippen LogP contribution is -2.18. The lowest BCUT2D eigenvalue weighted by molar-refractivity contribution is -0.117. The highest BCUT2D eigenvalue weighted by atomic mass is 32.2. The van der Waals surface area contributed by atoms with E-state index in [0.717, 1.165) is 25.3 Å². The molecule has 0 spiro atoms. The first-order chi connectivity index (χ1) is 4.86. The van der Waals surface area contributed by atoms with Crippen molar-refractivity contribution < 1.29 is 4.79 Å². The minimum absolute atomic E-state index is 0.704. The first-order valence-corrected chi connectivity index (χ1v) is 4.72. The Bertz CT molecular complexity index is 118. The van der Waals surface area contributed by atoms with Crippen LogP contribution >= 0.6 is 11.8 Å². The Morgan fingerprint density at radius 1 is 1.80 bits per heavy atom. The molecule has 0 aromatic rings. The summed E-state index contributed by atoms with van der Waals surface area (Å²) in [6.07, 6.45) is 2.13. The van der Waals surface area contributed by atoms with Crippen LogP contribution in [0.3, 0.4) is 0 Å². The van der Waals surface area contributed by atoms with Crippen molar-refractivity contribution in [3.8, 4) is 0 Å². The van der Waals surface area contributed by atoms with Crippen molar-refractivity contribution >= 4 is 18.2 Å². The van der Waals surface area contributed by atoms with Gasteiger partial charge in [-0.25, -0.2) is 0 Å². The average Bonchev–Trinajstić information content (AvgIpc) is 2.37. The van der Waals surface area contributed by atoms with Crippen molar-refractivity contribution in [3.63, 3.8) is 0 Å². The SMILES string of the molecule is CCSC1CCN(C=O)C1. The van der Waals surface area contributed by atoms with Gasteiger partial charge >= 0.3 is 0 Å². The largest absolute Gasteiger partial charge is 0.344 e. The second-order valence-corrected chi connectivity index (χ2v) is 4.04. The number of amides is 1. The van der Waals surface area contributed by atoms with E-state index in [1.807, 2.05) is 16.7 Å². The number of carbonyl (C=O) groups is 1. The van der Waals surface area contributed by atoms with Crippen LogP contribution in [-0.2, 0) is 4.79 Å². The molecule has 0 aromatic carbocycles. The summed E-state index contributed by atoms with van der Waals surface area (Å²) in [7, 11) is 0. The third-order valence-corrected chi connectivity index (χ3v) is 2.92. The Balaban J connectivity index is 2.21. The van der Waals surface area contributed by atoms with Crippen LogP contribution in [0.15, 0.2) is 0 Å². The van der Waals surface area contributed by atoms with Crippen LogP contribution in [-0.4, -0.2) is 35.4 Å². The molecule has 0 aliphatic carbocycles. The zero-order valence-electron chi connectivity index (χ0n) is 6.25. The second kappa shape index (κ2) is 3.86. The summed E-state index contributed by atoms with van der Waals surface area (Å²) in [6, 6.07) is 0. The third-order valence-electron chi connectivity index (χ3n) is 1.73. The maximum absolute atomic E-state index is 10.3. The molecule has 0 aromatic heterocycles. The Labute approximate surface area is 66.0 Å². The number of nitrogens with zero attached hydrogens (tertiary/aromatic N) is 1. The van der Waals surface area contributed by atoms with Crippen LogP contribution < -0.4 is 0 Å². The van der Waals surface area contributed by atoms with Crippen LogP contribution in [0.4, 0.5) is 0 Å². The molecule has 1 aliphatic heterocycles. The zero-order valence-corrected chi connectivity index (χ0v) is 7.06.